The van der Waals surface area contributed by atoms with Gasteiger partial charge in [-0.05, 0) is 43.3 Å². The van der Waals surface area contributed by atoms with Gasteiger partial charge in [0.05, 0.1) is 0 Å². The first-order chi connectivity index (χ1) is 9.45. The summed E-state index contributed by atoms with van der Waals surface area (Å²) in [6.45, 7) is 4.07. The normalized spacial score (nSPS) is 13.6. The number of aryl methyl sites for hydroxylation is 1. The third kappa shape index (κ3) is 3.09. The van der Waals surface area contributed by atoms with E-state index in [0.717, 1.165) is 11.3 Å². The van der Waals surface area contributed by atoms with E-state index in [1.807, 2.05) is 23.8 Å². The number of hydrogen-bond donors (Lipinski definition) is 3. The van der Waals surface area contributed by atoms with Crippen molar-refractivity contribution in [3.05, 3.63) is 33.6 Å². The minimum absolute atomic E-state index is 0.0615. The third-order valence-electron chi connectivity index (χ3n) is 3.02. The lowest BCUT2D eigenvalue weighted by Gasteiger charge is -2.12. The van der Waals surface area contributed by atoms with Crippen LogP contribution in [-0.2, 0) is 16.6 Å². The quantitative estimate of drug-likeness (QED) is 0.755. The zero-order valence-electron chi connectivity index (χ0n) is 11.6. The zero-order chi connectivity index (χ0) is 14.8. The van der Waals surface area contributed by atoms with Crippen LogP contribution in [0.15, 0.2) is 21.9 Å². The highest BCUT2D eigenvalue weighted by Gasteiger charge is 2.25. The number of rotatable bonds is 6. The molecule has 0 radical (unpaired) electrons. The molecule has 20 heavy (non-hydrogen) atoms. The Bertz CT molecular complexity index is 662. The second kappa shape index (κ2) is 6.04. The number of sulfonamides is 1. The molecule has 0 aliphatic carbocycles. The summed E-state index contributed by atoms with van der Waals surface area (Å²) in [7, 11) is -1.88. The van der Waals surface area contributed by atoms with Gasteiger partial charge in [0, 0.05) is 23.8 Å². The molecule has 0 aromatic carbocycles. The number of hydrogen-bond acceptors (Lipinski definition) is 5. The van der Waals surface area contributed by atoms with E-state index in [4.69, 9.17) is 0 Å². The smallest absolute Gasteiger partial charge is 0.260 e. The monoisotopic (exact) mass is 314 g/mol. The fourth-order valence-corrected chi connectivity index (χ4v) is 4.10. The number of aromatic amines is 1. The fourth-order valence-electron chi connectivity index (χ4n) is 1.92. The Labute approximate surface area is 122 Å². The first kappa shape index (κ1) is 15.2. The van der Waals surface area contributed by atoms with Crippen LogP contribution in [0.3, 0.4) is 0 Å². The maximum Gasteiger partial charge on any atom is 0.260 e. The van der Waals surface area contributed by atoms with Crippen molar-refractivity contribution in [1.29, 1.82) is 0 Å². The van der Waals surface area contributed by atoms with Crippen molar-refractivity contribution in [3.63, 3.8) is 0 Å². The lowest BCUT2D eigenvalue weighted by molar-refractivity contribution is 0.561. The molecule has 110 valence electrons. The molecule has 0 bridgehead atoms. The summed E-state index contributed by atoms with van der Waals surface area (Å²) in [5.74, 6) is 0. The molecule has 0 saturated carbocycles. The van der Waals surface area contributed by atoms with Crippen molar-refractivity contribution in [2.24, 2.45) is 0 Å². The summed E-state index contributed by atoms with van der Waals surface area (Å²) in [4.78, 5) is 0. The molecule has 2 rings (SSSR count). The predicted octanol–water partition coefficient (Wildman–Crippen LogP) is 1.54. The van der Waals surface area contributed by atoms with Gasteiger partial charge in [-0.1, -0.05) is 0 Å². The van der Waals surface area contributed by atoms with Gasteiger partial charge in [0.2, 0.25) is 0 Å². The van der Waals surface area contributed by atoms with Crippen LogP contribution in [0.25, 0.3) is 0 Å². The molecule has 1 atom stereocenters. The van der Waals surface area contributed by atoms with Crippen LogP contribution in [0.2, 0.25) is 0 Å². The Morgan fingerprint density at radius 3 is 2.85 bits per heavy atom. The van der Waals surface area contributed by atoms with Gasteiger partial charge in [-0.15, -0.1) is 0 Å². The summed E-state index contributed by atoms with van der Waals surface area (Å²) < 4.78 is 27.5. The molecular weight excluding hydrogens is 296 g/mol. The minimum atomic E-state index is -3.65. The second-order valence-corrected chi connectivity index (χ2v) is 6.97. The fraction of sp³-hybridized carbons (Fsp3) is 0.417. The molecule has 0 aliphatic heterocycles. The molecule has 2 heterocycles. The molecule has 2 aromatic heterocycles. The predicted molar refractivity (Wildman–Crippen MR) is 79.1 cm³/mol. The van der Waals surface area contributed by atoms with Gasteiger partial charge in [0.25, 0.3) is 10.0 Å². The van der Waals surface area contributed by atoms with Crippen molar-refractivity contribution in [2.75, 3.05) is 7.05 Å². The van der Waals surface area contributed by atoms with Crippen molar-refractivity contribution < 1.29 is 8.42 Å². The molecule has 6 nitrogen and oxygen atoms in total. The minimum Gasteiger partial charge on any atom is -0.316 e. The maximum atomic E-state index is 12.4. The van der Waals surface area contributed by atoms with Crippen LogP contribution >= 0.6 is 11.3 Å². The van der Waals surface area contributed by atoms with Gasteiger partial charge in [-0.25, -0.2) is 13.1 Å². The zero-order valence-corrected chi connectivity index (χ0v) is 13.2. The Hall–Kier alpha value is -1.22. The van der Waals surface area contributed by atoms with Crippen LogP contribution in [0.1, 0.15) is 29.8 Å². The van der Waals surface area contributed by atoms with Crippen molar-refractivity contribution >= 4 is 21.4 Å². The maximum absolute atomic E-state index is 12.4. The van der Waals surface area contributed by atoms with E-state index in [9.17, 15) is 8.42 Å². The first-order valence-electron chi connectivity index (χ1n) is 6.18. The Morgan fingerprint density at radius 2 is 2.25 bits per heavy atom. The van der Waals surface area contributed by atoms with Crippen molar-refractivity contribution in [2.45, 2.75) is 31.5 Å². The van der Waals surface area contributed by atoms with E-state index in [1.165, 1.54) is 11.3 Å². The number of nitrogens with one attached hydrogen (secondary N) is 3. The molecule has 0 aliphatic rings. The average Bonchev–Trinajstić information content (AvgIpc) is 3.00. The highest BCUT2D eigenvalue weighted by Crippen LogP contribution is 2.21. The molecule has 0 fully saturated rings. The number of aromatic nitrogens is 2. The molecule has 8 heteroatoms. The lowest BCUT2D eigenvalue weighted by Crippen LogP contribution is -2.28. The topological polar surface area (TPSA) is 86.9 Å². The molecule has 0 saturated heterocycles. The van der Waals surface area contributed by atoms with Gasteiger partial charge in [-0.2, -0.15) is 16.4 Å². The van der Waals surface area contributed by atoms with E-state index in [0.29, 0.717) is 12.1 Å². The van der Waals surface area contributed by atoms with Crippen LogP contribution < -0.4 is 10.0 Å². The standard InChI is InChI=1S/C12H18N4O2S2/c1-8(10-4-5-19-7-10)16-20(17,18)12-11(6-13-3)9(2)14-15-12/h4-5,7-8,13,16H,6H2,1-3H3,(H,14,15). The summed E-state index contributed by atoms with van der Waals surface area (Å²) in [5, 5.41) is 13.5. The van der Waals surface area contributed by atoms with Crippen molar-refractivity contribution in [1.82, 2.24) is 20.2 Å². The van der Waals surface area contributed by atoms with Gasteiger partial charge in [0.1, 0.15) is 0 Å². The van der Waals surface area contributed by atoms with Crippen LogP contribution in [-0.4, -0.2) is 25.7 Å². The van der Waals surface area contributed by atoms with Crippen LogP contribution in [0, 0.1) is 6.92 Å². The Balaban J connectivity index is 2.27. The highest BCUT2D eigenvalue weighted by atomic mass is 32.2. The number of H-pyrrole nitrogens is 1. The molecule has 1 unspecified atom stereocenters. The third-order valence-corrected chi connectivity index (χ3v) is 5.23. The highest BCUT2D eigenvalue weighted by molar-refractivity contribution is 7.89. The van der Waals surface area contributed by atoms with Gasteiger partial charge in [0.15, 0.2) is 5.03 Å². The Morgan fingerprint density at radius 1 is 1.50 bits per heavy atom. The van der Waals surface area contributed by atoms with Crippen LogP contribution in [0.4, 0.5) is 0 Å². The van der Waals surface area contributed by atoms with E-state index < -0.39 is 10.0 Å². The molecule has 3 N–H and O–H groups in total. The first-order valence-corrected chi connectivity index (χ1v) is 8.61. The average molecular weight is 314 g/mol. The summed E-state index contributed by atoms with van der Waals surface area (Å²) in [5.41, 5.74) is 2.36. The summed E-state index contributed by atoms with van der Waals surface area (Å²) >= 11 is 1.54. The van der Waals surface area contributed by atoms with Gasteiger partial charge >= 0.3 is 0 Å². The molecule has 0 amide bonds. The lowest BCUT2D eigenvalue weighted by atomic mass is 10.2. The largest absolute Gasteiger partial charge is 0.316 e. The number of nitrogens with zero attached hydrogens (tertiary/aromatic N) is 1. The molecular formula is C12H18N4O2S2. The number of thiophene rings is 1. The van der Waals surface area contributed by atoms with Gasteiger partial charge in [-0.3, -0.25) is 5.10 Å². The summed E-state index contributed by atoms with van der Waals surface area (Å²) in [6.07, 6.45) is 0. The van der Waals surface area contributed by atoms with E-state index in [1.54, 1.807) is 14.0 Å². The van der Waals surface area contributed by atoms with Gasteiger partial charge < -0.3 is 5.32 Å². The van der Waals surface area contributed by atoms with Crippen molar-refractivity contribution in [3.8, 4) is 0 Å². The Kier molecular flexibility index (Phi) is 4.59. The van der Waals surface area contributed by atoms with Crippen LogP contribution in [0.5, 0.6) is 0 Å². The van der Waals surface area contributed by atoms with E-state index in [2.05, 4.69) is 20.2 Å². The molecule has 2 aromatic rings. The SMILES string of the molecule is CNCc1c(S(=O)(=O)NC(C)c2ccsc2)n[nH]c1C. The summed E-state index contributed by atoms with van der Waals surface area (Å²) in [6, 6.07) is 1.62. The van der Waals surface area contributed by atoms with E-state index in [-0.39, 0.29) is 11.1 Å². The van der Waals surface area contributed by atoms with E-state index >= 15 is 0 Å². The molecule has 0 spiro atoms. The second-order valence-electron chi connectivity index (χ2n) is 4.56.